The fourth-order valence-corrected chi connectivity index (χ4v) is 4.98. The number of phenols is 1. The van der Waals surface area contributed by atoms with E-state index in [1.165, 1.54) is 0 Å². The first-order valence-corrected chi connectivity index (χ1v) is 11.1. The van der Waals surface area contributed by atoms with Crippen LogP contribution in [0.25, 0.3) is 10.8 Å². The molecule has 0 aliphatic carbocycles. The number of fused-ring (bicyclic) bond motifs is 2. The van der Waals surface area contributed by atoms with Crippen LogP contribution >= 0.6 is 0 Å². The van der Waals surface area contributed by atoms with Crippen LogP contribution in [0.2, 0.25) is 0 Å². The lowest BCUT2D eigenvalue weighted by molar-refractivity contribution is -0.0433. The summed E-state index contributed by atoms with van der Waals surface area (Å²) >= 11 is 0. The lowest BCUT2D eigenvalue weighted by atomic mass is 9.78. The molecule has 0 saturated heterocycles. The van der Waals surface area contributed by atoms with E-state index in [0.717, 1.165) is 38.7 Å². The van der Waals surface area contributed by atoms with Crippen LogP contribution in [0, 0.1) is 0 Å². The molecule has 3 nitrogen and oxygen atoms in total. The van der Waals surface area contributed by atoms with Crippen LogP contribution in [0.1, 0.15) is 28.5 Å². The van der Waals surface area contributed by atoms with Gasteiger partial charge in [0.15, 0.2) is 6.23 Å². The zero-order chi connectivity index (χ0) is 22.3. The highest BCUT2D eigenvalue weighted by Crippen LogP contribution is 2.51. The molecule has 1 aliphatic heterocycles. The van der Waals surface area contributed by atoms with E-state index in [4.69, 9.17) is 4.74 Å². The monoisotopic (exact) mass is 429 g/mol. The Balaban J connectivity index is 1.65. The summed E-state index contributed by atoms with van der Waals surface area (Å²) in [6.07, 6.45) is -0.564. The number of hydrogen-bond acceptors (Lipinski definition) is 3. The van der Waals surface area contributed by atoms with Crippen molar-refractivity contribution in [2.75, 3.05) is 5.32 Å². The van der Waals surface area contributed by atoms with Crippen molar-refractivity contribution in [2.45, 2.75) is 11.8 Å². The van der Waals surface area contributed by atoms with E-state index in [2.05, 4.69) is 47.8 Å². The highest BCUT2D eigenvalue weighted by Gasteiger charge is 2.45. The van der Waals surface area contributed by atoms with Gasteiger partial charge in [0, 0.05) is 11.3 Å². The van der Waals surface area contributed by atoms with Crippen LogP contribution in [0.5, 0.6) is 5.75 Å². The molecular weight excluding hydrogens is 406 g/mol. The number of phenolic OH excluding ortho intramolecular Hbond substituents is 1. The van der Waals surface area contributed by atoms with Crippen molar-refractivity contribution in [3.8, 4) is 5.75 Å². The fraction of sp³-hybridized carbons (Fsp3) is 0.0667. The molecule has 5 aromatic carbocycles. The number of para-hydroxylation sites is 1. The topological polar surface area (TPSA) is 41.5 Å². The quantitative estimate of drug-likeness (QED) is 0.325. The van der Waals surface area contributed by atoms with Crippen LogP contribution in [-0.2, 0) is 10.3 Å². The van der Waals surface area contributed by atoms with Crippen LogP contribution in [0.3, 0.4) is 0 Å². The number of nitrogens with one attached hydrogen (secondary N) is 1. The van der Waals surface area contributed by atoms with Crippen molar-refractivity contribution in [1.82, 2.24) is 0 Å². The first kappa shape index (κ1) is 19.6. The van der Waals surface area contributed by atoms with Gasteiger partial charge < -0.3 is 15.2 Å². The van der Waals surface area contributed by atoms with Gasteiger partial charge >= 0.3 is 0 Å². The average molecular weight is 430 g/mol. The molecule has 1 atom stereocenters. The highest BCUT2D eigenvalue weighted by atomic mass is 16.5. The summed E-state index contributed by atoms with van der Waals surface area (Å²) in [4.78, 5) is 0. The summed E-state index contributed by atoms with van der Waals surface area (Å²) in [5, 5.41) is 16.6. The first-order chi connectivity index (χ1) is 16.3. The molecule has 1 aliphatic rings. The highest BCUT2D eigenvalue weighted by molar-refractivity contribution is 5.88. The van der Waals surface area contributed by atoms with Gasteiger partial charge in [0.2, 0.25) is 0 Å². The van der Waals surface area contributed by atoms with Crippen molar-refractivity contribution in [2.24, 2.45) is 0 Å². The van der Waals surface area contributed by atoms with Gasteiger partial charge in [0.05, 0.1) is 5.56 Å². The molecule has 1 unspecified atom stereocenters. The molecule has 3 heteroatoms. The largest absolute Gasteiger partial charge is 0.507 e. The summed E-state index contributed by atoms with van der Waals surface area (Å²) in [6.45, 7) is 0. The third-order valence-electron chi connectivity index (χ3n) is 6.46. The zero-order valence-corrected chi connectivity index (χ0v) is 18.0. The number of ether oxygens (including phenoxy) is 1. The summed E-state index contributed by atoms with van der Waals surface area (Å²) in [5.74, 6) is 0.209. The third kappa shape index (κ3) is 3.09. The first-order valence-electron chi connectivity index (χ1n) is 11.1. The Morgan fingerprint density at radius 1 is 0.636 bits per heavy atom. The van der Waals surface area contributed by atoms with Gasteiger partial charge in [-0.05, 0) is 34.0 Å². The molecule has 5 aromatic rings. The molecule has 0 saturated carbocycles. The Kier molecular flexibility index (Phi) is 4.63. The molecule has 1 heterocycles. The predicted molar refractivity (Wildman–Crippen MR) is 132 cm³/mol. The van der Waals surface area contributed by atoms with E-state index >= 15 is 0 Å². The molecule has 0 amide bonds. The zero-order valence-electron chi connectivity index (χ0n) is 18.0. The maximum absolute atomic E-state index is 11.0. The molecule has 0 radical (unpaired) electrons. The van der Waals surface area contributed by atoms with Crippen LogP contribution in [0.15, 0.2) is 121 Å². The van der Waals surface area contributed by atoms with E-state index in [1.54, 1.807) is 6.07 Å². The summed E-state index contributed by atoms with van der Waals surface area (Å²) < 4.78 is 7.08. The number of hydrogen-bond donors (Lipinski definition) is 2. The lowest BCUT2D eigenvalue weighted by Crippen LogP contribution is -2.40. The Hall–Kier alpha value is -4.08. The SMILES string of the molecule is Oc1ccc2ccccc2c1C1Nc2ccccc2C(c2ccccc2)(c2ccccc2)O1. The van der Waals surface area contributed by atoms with E-state index in [1.807, 2.05) is 72.8 Å². The molecule has 33 heavy (non-hydrogen) atoms. The Morgan fingerprint density at radius 3 is 1.97 bits per heavy atom. The molecule has 160 valence electrons. The smallest absolute Gasteiger partial charge is 0.160 e. The molecule has 0 fully saturated rings. The minimum absolute atomic E-state index is 0.209. The van der Waals surface area contributed by atoms with Gasteiger partial charge in [-0.15, -0.1) is 0 Å². The lowest BCUT2D eigenvalue weighted by Gasteiger charge is -2.44. The second kappa shape index (κ2) is 7.80. The molecule has 2 N–H and O–H groups in total. The van der Waals surface area contributed by atoms with E-state index in [0.29, 0.717) is 0 Å². The van der Waals surface area contributed by atoms with E-state index < -0.39 is 11.8 Å². The second-order valence-corrected chi connectivity index (χ2v) is 8.32. The molecular formula is C30H23NO2. The Labute approximate surface area is 192 Å². The van der Waals surface area contributed by atoms with Crippen molar-refractivity contribution in [1.29, 1.82) is 0 Å². The fourth-order valence-electron chi connectivity index (χ4n) is 4.98. The van der Waals surface area contributed by atoms with E-state index in [-0.39, 0.29) is 5.75 Å². The molecule has 0 spiro atoms. The van der Waals surface area contributed by atoms with Gasteiger partial charge in [0.1, 0.15) is 11.4 Å². The van der Waals surface area contributed by atoms with Crippen LogP contribution in [-0.4, -0.2) is 5.11 Å². The van der Waals surface area contributed by atoms with Crippen LogP contribution < -0.4 is 5.32 Å². The molecule has 6 rings (SSSR count). The maximum atomic E-state index is 11.0. The molecule has 0 bridgehead atoms. The average Bonchev–Trinajstić information content (AvgIpc) is 2.89. The van der Waals surface area contributed by atoms with Gasteiger partial charge in [-0.1, -0.05) is 109 Å². The minimum Gasteiger partial charge on any atom is -0.507 e. The van der Waals surface area contributed by atoms with Gasteiger partial charge in [-0.25, -0.2) is 0 Å². The van der Waals surface area contributed by atoms with Crippen LogP contribution in [0.4, 0.5) is 5.69 Å². The minimum atomic E-state index is -0.849. The number of rotatable bonds is 3. The predicted octanol–water partition coefficient (Wildman–Crippen LogP) is 6.98. The van der Waals surface area contributed by atoms with Crippen molar-refractivity contribution >= 4 is 16.5 Å². The summed E-state index contributed by atoms with van der Waals surface area (Å²) in [7, 11) is 0. The Morgan fingerprint density at radius 2 is 1.24 bits per heavy atom. The van der Waals surface area contributed by atoms with Crippen molar-refractivity contribution < 1.29 is 9.84 Å². The van der Waals surface area contributed by atoms with Crippen molar-refractivity contribution in [3.63, 3.8) is 0 Å². The van der Waals surface area contributed by atoms with Gasteiger partial charge in [0.25, 0.3) is 0 Å². The number of benzene rings is 5. The number of anilines is 1. The molecule has 0 aromatic heterocycles. The van der Waals surface area contributed by atoms with E-state index in [9.17, 15) is 5.11 Å². The van der Waals surface area contributed by atoms with Crippen molar-refractivity contribution in [3.05, 3.63) is 144 Å². The summed E-state index contributed by atoms with van der Waals surface area (Å²) in [5.41, 5.74) is 3.98. The summed E-state index contributed by atoms with van der Waals surface area (Å²) in [6, 6.07) is 40.6. The van der Waals surface area contributed by atoms with Gasteiger partial charge in [-0.3, -0.25) is 0 Å². The standard InChI is InChI=1S/C30H23NO2/c32-27-20-19-21-11-7-8-16-24(21)28(27)29-31-26-18-10-9-17-25(26)30(33-29,22-12-3-1-4-13-22)23-14-5-2-6-15-23/h1-20,29,31-32H. The maximum Gasteiger partial charge on any atom is 0.160 e. The van der Waals surface area contributed by atoms with Gasteiger partial charge in [-0.2, -0.15) is 0 Å². The second-order valence-electron chi connectivity index (χ2n) is 8.32. The Bertz CT molecular complexity index is 1390. The number of aromatic hydroxyl groups is 1. The normalized spacial score (nSPS) is 16.7. The third-order valence-corrected chi connectivity index (χ3v) is 6.46.